The van der Waals surface area contributed by atoms with Crippen LogP contribution in [-0.4, -0.2) is 34.9 Å². The second kappa shape index (κ2) is 9.38. The normalized spacial score (nSPS) is 11.3. The molecule has 0 aliphatic carbocycles. The zero-order valence-electron chi connectivity index (χ0n) is 15.6. The molecule has 0 atom stereocenters. The Hall–Kier alpha value is -3.35. The van der Waals surface area contributed by atoms with Gasteiger partial charge in [-0.1, -0.05) is 30.3 Å². The number of aliphatic imine (C=N–C) groups is 1. The maximum atomic E-state index is 5.16. The number of benzene rings is 1. The van der Waals surface area contributed by atoms with Gasteiger partial charge in [-0.2, -0.15) is 5.10 Å². The largest absolute Gasteiger partial charge is 0.481 e. The van der Waals surface area contributed by atoms with E-state index in [4.69, 9.17) is 4.74 Å². The Morgan fingerprint density at radius 1 is 1.04 bits per heavy atom. The smallest absolute Gasteiger partial charge is 0.213 e. The van der Waals surface area contributed by atoms with E-state index < -0.39 is 0 Å². The van der Waals surface area contributed by atoms with E-state index in [0.717, 1.165) is 12.2 Å². The lowest BCUT2D eigenvalue weighted by Crippen LogP contribution is -2.36. The van der Waals surface area contributed by atoms with Crippen LogP contribution in [0.15, 0.2) is 65.9 Å². The van der Waals surface area contributed by atoms with Gasteiger partial charge in [0.25, 0.3) is 0 Å². The molecule has 0 aliphatic rings. The van der Waals surface area contributed by atoms with Crippen molar-refractivity contribution in [1.29, 1.82) is 0 Å². The summed E-state index contributed by atoms with van der Waals surface area (Å²) in [4.78, 5) is 8.68. The minimum absolute atomic E-state index is 0.561. The number of hydrogen-bond donors (Lipinski definition) is 2. The molecule has 0 spiro atoms. The maximum Gasteiger partial charge on any atom is 0.213 e. The van der Waals surface area contributed by atoms with Crippen LogP contribution in [0.2, 0.25) is 0 Å². The van der Waals surface area contributed by atoms with E-state index in [0.29, 0.717) is 24.9 Å². The zero-order chi connectivity index (χ0) is 18.9. The summed E-state index contributed by atoms with van der Waals surface area (Å²) < 4.78 is 7.07. The topological polar surface area (TPSA) is 76.4 Å². The Morgan fingerprint density at radius 3 is 2.59 bits per heavy atom. The van der Waals surface area contributed by atoms with Gasteiger partial charge >= 0.3 is 0 Å². The Bertz CT molecular complexity index is 876. The minimum atomic E-state index is 0.561. The van der Waals surface area contributed by atoms with Crippen molar-refractivity contribution in [3.05, 3.63) is 77.7 Å². The first kappa shape index (κ1) is 18.4. The molecule has 27 heavy (non-hydrogen) atoms. The SMILES string of the molecule is CN=C(NCc1cccc(OC)n1)NCc1ccccc1Cn1cccn1. The lowest BCUT2D eigenvalue weighted by molar-refractivity contribution is 0.396. The van der Waals surface area contributed by atoms with Crippen molar-refractivity contribution in [2.45, 2.75) is 19.6 Å². The van der Waals surface area contributed by atoms with Crippen molar-refractivity contribution in [3.63, 3.8) is 0 Å². The standard InChI is InChI=1S/C20H24N6O/c1-21-20(23-14-18-9-5-10-19(25-18)27-2)22-13-16-7-3-4-8-17(16)15-26-12-6-11-24-26/h3-12H,13-15H2,1-2H3,(H2,21,22,23). The van der Waals surface area contributed by atoms with Gasteiger partial charge in [-0.05, 0) is 23.3 Å². The van der Waals surface area contributed by atoms with Crippen LogP contribution in [0.25, 0.3) is 0 Å². The second-order valence-corrected chi connectivity index (χ2v) is 5.92. The summed E-state index contributed by atoms with van der Waals surface area (Å²) in [6.45, 7) is 1.97. The summed E-state index contributed by atoms with van der Waals surface area (Å²) in [6, 6.07) is 15.9. The molecule has 0 saturated heterocycles. The van der Waals surface area contributed by atoms with Gasteiger partial charge in [0.05, 0.1) is 25.9 Å². The first-order valence-electron chi connectivity index (χ1n) is 8.77. The zero-order valence-corrected chi connectivity index (χ0v) is 15.6. The number of methoxy groups -OCH3 is 1. The Kier molecular flexibility index (Phi) is 6.40. The molecule has 0 aliphatic heterocycles. The van der Waals surface area contributed by atoms with Gasteiger partial charge in [-0.15, -0.1) is 0 Å². The quantitative estimate of drug-likeness (QED) is 0.496. The van der Waals surface area contributed by atoms with Crippen molar-refractivity contribution >= 4 is 5.96 Å². The Labute approximate surface area is 159 Å². The third-order valence-electron chi connectivity index (χ3n) is 4.11. The number of hydrogen-bond acceptors (Lipinski definition) is 4. The van der Waals surface area contributed by atoms with Crippen LogP contribution >= 0.6 is 0 Å². The number of nitrogens with zero attached hydrogens (tertiary/aromatic N) is 4. The number of pyridine rings is 1. The van der Waals surface area contributed by atoms with Gasteiger partial charge < -0.3 is 15.4 Å². The van der Waals surface area contributed by atoms with Crippen LogP contribution in [0, 0.1) is 0 Å². The van der Waals surface area contributed by atoms with Crippen LogP contribution in [0.5, 0.6) is 5.88 Å². The van der Waals surface area contributed by atoms with Crippen molar-refractivity contribution in [1.82, 2.24) is 25.4 Å². The molecule has 0 saturated carbocycles. The number of nitrogens with one attached hydrogen (secondary N) is 2. The molecule has 0 amide bonds. The predicted octanol–water partition coefficient (Wildman–Crippen LogP) is 2.20. The molecule has 0 bridgehead atoms. The average molecular weight is 364 g/mol. The highest BCUT2D eigenvalue weighted by Crippen LogP contribution is 2.10. The van der Waals surface area contributed by atoms with Crippen LogP contribution in [0.4, 0.5) is 0 Å². The van der Waals surface area contributed by atoms with Crippen molar-refractivity contribution in [3.8, 4) is 5.88 Å². The highest BCUT2D eigenvalue weighted by atomic mass is 16.5. The molecular weight excluding hydrogens is 340 g/mol. The van der Waals surface area contributed by atoms with E-state index in [1.165, 1.54) is 11.1 Å². The highest BCUT2D eigenvalue weighted by Gasteiger charge is 2.05. The summed E-state index contributed by atoms with van der Waals surface area (Å²) in [7, 11) is 3.37. The molecule has 2 N–H and O–H groups in total. The van der Waals surface area contributed by atoms with Gasteiger partial charge in [0.15, 0.2) is 5.96 Å². The second-order valence-electron chi connectivity index (χ2n) is 5.92. The van der Waals surface area contributed by atoms with Crippen molar-refractivity contribution in [2.75, 3.05) is 14.2 Å². The van der Waals surface area contributed by atoms with E-state index in [2.05, 4.69) is 37.8 Å². The third kappa shape index (κ3) is 5.31. The third-order valence-corrected chi connectivity index (χ3v) is 4.11. The van der Waals surface area contributed by atoms with Gasteiger partial charge in [0.1, 0.15) is 0 Å². The molecule has 0 unspecified atom stereocenters. The predicted molar refractivity (Wildman–Crippen MR) is 106 cm³/mol. The number of guanidine groups is 1. The molecular formula is C20H24N6O. The maximum absolute atomic E-state index is 5.16. The fraction of sp³-hybridized carbons (Fsp3) is 0.250. The van der Waals surface area contributed by atoms with Crippen molar-refractivity contribution < 1.29 is 4.74 Å². The molecule has 140 valence electrons. The first-order valence-corrected chi connectivity index (χ1v) is 8.77. The summed E-state index contributed by atoms with van der Waals surface area (Å²) in [6.07, 6.45) is 3.76. The monoisotopic (exact) mass is 364 g/mol. The van der Waals surface area contributed by atoms with Crippen LogP contribution in [0.1, 0.15) is 16.8 Å². The molecule has 3 rings (SSSR count). The summed E-state index contributed by atoms with van der Waals surface area (Å²) in [5.74, 6) is 1.32. The summed E-state index contributed by atoms with van der Waals surface area (Å²) >= 11 is 0. The van der Waals surface area contributed by atoms with Crippen molar-refractivity contribution in [2.24, 2.45) is 4.99 Å². The molecule has 1 aromatic carbocycles. The molecule has 7 nitrogen and oxygen atoms in total. The highest BCUT2D eigenvalue weighted by molar-refractivity contribution is 5.79. The first-order chi connectivity index (χ1) is 13.3. The van der Waals surface area contributed by atoms with Gasteiger partial charge in [-0.25, -0.2) is 4.98 Å². The lowest BCUT2D eigenvalue weighted by atomic mass is 10.1. The molecule has 2 aromatic heterocycles. The molecule has 2 heterocycles. The van der Waals surface area contributed by atoms with E-state index >= 15 is 0 Å². The lowest BCUT2D eigenvalue weighted by Gasteiger charge is -2.14. The average Bonchev–Trinajstić information content (AvgIpc) is 3.22. The fourth-order valence-corrected chi connectivity index (χ4v) is 2.70. The van der Waals surface area contributed by atoms with E-state index in [1.807, 2.05) is 47.3 Å². The van der Waals surface area contributed by atoms with Crippen LogP contribution < -0.4 is 15.4 Å². The summed E-state index contributed by atoms with van der Waals surface area (Å²) in [5, 5.41) is 10.9. The van der Waals surface area contributed by atoms with Gasteiger partial charge in [-0.3, -0.25) is 9.67 Å². The van der Waals surface area contributed by atoms with E-state index in [9.17, 15) is 0 Å². The van der Waals surface area contributed by atoms with Gasteiger partial charge in [0, 0.05) is 32.1 Å². The van der Waals surface area contributed by atoms with E-state index in [1.54, 1.807) is 20.4 Å². The van der Waals surface area contributed by atoms with Crippen LogP contribution in [-0.2, 0) is 19.6 Å². The Balaban J connectivity index is 1.58. The number of ether oxygens (including phenoxy) is 1. The van der Waals surface area contributed by atoms with Gasteiger partial charge in [0.2, 0.25) is 5.88 Å². The molecule has 0 radical (unpaired) electrons. The van der Waals surface area contributed by atoms with E-state index in [-0.39, 0.29) is 0 Å². The number of aromatic nitrogens is 3. The minimum Gasteiger partial charge on any atom is -0.481 e. The fourth-order valence-electron chi connectivity index (χ4n) is 2.70. The number of rotatable bonds is 7. The molecule has 0 fully saturated rings. The molecule has 7 heteroatoms. The van der Waals surface area contributed by atoms with Crippen LogP contribution in [0.3, 0.4) is 0 Å². The Morgan fingerprint density at radius 2 is 1.85 bits per heavy atom. The molecule has 3 aromatic rings. The summed E-state index contributed by atoms with van der Waals surface area (Å²) in [5.41, 5.74) is 3.31.